The highest BCUT2D eigenvalue weighted by atomic mass is 32.2. The SMILES string of the molecule is [O-][S+](c1ccccc1)c1cccc(-c2ccc3c(c2)Oc2ccccc2O3)c1. The molecule has 1 aliphatic heterocycles. The summed E-state index contributed by atoms with van der Waals surface area (Å²) in [7, 11) is 0. The lowest BCUT2D eigenvalue weighted by atomic mass is 10.0. The summed E-state index contributed by atoms with van der Waals surface area (Å²) < 4.78 is 24.8. The topological polar surface area (TPSA) is 41.5 Å². The average molecular weight is 384 g/mol. The van der Waals surface area contributed by atoms with Gasteiger partial charge < -0.3 is 14.0 Å². The summed E-state index contributed by atoms with van der Waals surface area (Å²) in [6, 6.07) is 30.7. The standard InChI is InChI=1S/C24H16O3S/c25-28(19-8-2-1-3-9-19)20-10-6-7-17(15-20)18-13-14-23-24(16-18)27-22-12-5-4-11-21(22)26-23/h1-16H. The second-order valence-electron chi connectivity index (χ2n) is 6.42. The van der Waals surface area contributed by atoms with Gasteiger partial charge >= 0.3 is 0 Å². The predicted molar refractivity (Wildman–Crippen MR) is 110 cm³/mol. The second-order valence-corrected chi connectivity index (χ2v) is 7.90. The Kier molecular flexibility index (Phi) is 4.28. The lowest BCUT2D eigenvalue weighted by Crippen LogP contribution is -2.02. The molecule has 3 nitrogen and oxygen atoms in total. The third-order valence-electron chi connectivity index (χ3n) is 4.57. The van der Waals surface area contributed by atoms with Crippen molar-refractivity contribution in [3.63, 3.8) is 0 Å². The Morgan fingerprint density at radius 1 is 0.500 bits per heavy atom. The first kappa shape index (κ1) is 16.9. The molecule has 0 saturated heterocycles. The van der Waals surface area contributed by atoms with E-state index in [1.54, 1.807) is 0 Å². The van der Waals surface area contributed by atoms with Crippen molar-refractivity contribution in [1.82, 2.24) is 0 Å². The Balaban J connectivity index is 1.48. The number of benzene rings is 4. The maximum atomic E-state index is 12.9. The van der Waals surface area contributed by atoms with Crippen molar-refractivity contribution in [3.05, 3.63) is 97.1 Å². The first-order valence-electron chi connectivity index (χ1n) is 8.94. The van der Waals surface area contributed by atoms with Crippen LogP contribution in [0.4, 0.5) is 0 Å². The molecule has 0 N–H and O–H groups in total. The maximum Gasteiger partial charge on any atom is 0.170 e. The second kappa shape index (κ2) is 7.08. The normalized spacial score (nSPS) is 12.9. The van der Waals surface area contributed by atoms with Gasteiger partial charge in [-0.3, -0.25) is 0 Å². The first-order chi connectivity index (χ1) is 13.8. The lowest BCUT2D eigenvalue weighted by molar-refractivity contribution is 0.360. The van der Waals surface area contributed by atoms with Crippen LogP contribution >= 0.6 is 0 Å². The molecule has 0 bridgehead atoms. The molecule has 4 heteroatoms. The largest absolute Gasteiger partial charge is 0.606 e. The van der Waals surface area contributed by atoms with E-state index >= 15 is 0 Å². The van der Waals surface area contributed by atoms with E-state index in [0.29, 0.717) is 23.0 Å². The van der Waals surface area contributed by atoms with Crippen LogP contribution in [0.3, 0.4) is 0 Å². The number of hydrogen-bond donors (Lipinski definition) is 0. The molecular formula is C24H16O3S. The molecule has 1 heterocycles. The maximum absolute atomic E-state index is 12.9. The van der Waals surface area contributed by atoms with Crippen LogP contribution in [0.15, 0.2) is 107 Å². The number of para-hydroxylation sites is 2. The third-order valence-corrected chi connectivity index (χ3v) is 5.95. The monoisotopic (exact) mass is 384 g/mol. The van der Waals surface area contributed by atoms with E-state index in [0.717, 1.165) is 20.9 Å². The fourth-order valence-electron chi connectivity index (χ4n) is 3.18. The molecule has 1 atom stereocenters. The van der Waals surface area contributed by atoms with Crippen molar-refractivity contribution in [2.75, 3.05) is 0 Å². The summed E-state index contributed by atoms with van der Waals surface area (Å²) in [4.78, 5) is 1.56. The quantitative estimate of drug-likeness (QED) is 0.337. The summed E-state index contributed by atoms with van der Waals surface area (Å²) >= 11 is -1.22. The zero-order chi connectivity index (χ0) is 18.9. The molecule has 0 amide bonds. The van der Waals surface area contributed by atoms with Gasteiger partial charge in [-0.1, -0.05) is 48.5 Å². The fraction of sp³-hybridized carbons (Fsp3) is 0. The van der Waals surface area contributed by atoms with Gasteiger partial charge in [0, 0.05) is 17.2 Å². The van der Waals surface area contributed by atoms with Gasteiger partial charge in [-0.05, 0) is 53.6 Å². The van der Waals surface area contributed by atoms with Crippen LogP contribution in [0.1, 0.15) is 0 Å². The van der Waals surface area contributed by atoms with Crippen molar-refractivity contribution < 1.29 is 14.0 Å². The number of hydrogen-bond acceptors (Lipinski definition) is 3. The molecule has 4 aromatic rings. The molecule has 0 saturated carbocycles. The molecule has 4 aromatic carbocycles. The summed E-state index contributed by atoms with van der Waals surface area (Å²) in [6.45, 7) is 0. The molecule has 0 aromatic heterocycles. The van der Waals surface area contributed by atoms with Crippen LogP contribution in [0.2, 0.25) is 0 Å². The zero-order valence-corrected chi connectivity index (χ0v) is 15.7. The molecular weight excluding hydrogens is 368 g/mol. The van der Waals surface area contributed by atoms with Crippen molar-refractivity contribution in [3.8, 4) is 34.1 Å². The van der Waals surface area contributed by atoms with E-state index in [9.17, 15) is 4.55 Å². The third kappa shape index (κ3) is 3.13. The smallest absolute Gasteiger partial charge is 0.170 e. The summed E-state index contributed by atoms with van der Waals surface area (Å²) in [6.07, 6.45) is 0. The highest BCUT2D eigenvalue weighted by Crippen LogP contribution is 2.46. The van der Waals surface area contributed by atoms with Crippen LogP contribution in [0.25, 0.3) is 11.1 Å². The molecule has 1 unspecified atom stereocenters. The number of rotatable bonds is 3. The molecule has 0 radical (unpaired) electrons. The molecule has 136 valence electrons. The van der Waals surface area contributed by atoms with Crippen LogP contribution in [-0.2, 0) is 11.2 Å². The van der Waals surface area contributed by atoms with E-state index < -0.39 is 11.2 Å². The molecule has 5 rings (SSSR count). The zero-order valence-electron chi connectivity index (χ0n) is 14.9. The fourth-order valence-corrected chi connectivity index (χ4v) is 4.29. The Morgan fingerprint density at radius 2 is 1.11 bits per heavy atom. The van der Waals surface area contributed by atoms with Gasteiger partial charge in [-0.25, -0.2) is 0 Å². The summed E-state index contributed by atoms with van der Waals surface area (Å²) in [5.41, 5.74) is 1.96. The van der Waals surface area contributed by atoms with Crippen molar-refractivity contribution in [2.45, 2.75) is 9.79 Å². The summed E-state index contributed by atoms with van der Waals surface area (Å²) in [5, 5.41) is 0. The molecule has 0 aliphatic carbocycles. The molecule has 1 aliphatic rings. The van der Waals surface area contributed by atoms with Gasteiger partial charge in [0.05, 0.1) is 0 Å². The Bertz CT molecular complexity index is 1140. The van der Waals surface area contributed by atoms with Gasteiger partial charge in [0.2, 0.25) is 0 Å². The minimum Gasteiger partial charge on any atom is -0.606 e. The van der Waals surface area contributed by atoms with E-state index in [1.807, 2.05) is 97.1 Å². The van der Waals surface area contributed by atoms with Gasteiger partial charge in [0.15, 0.2) is 32.8 Å². The highest BCUT2D eigenvalue weighted by molar-refractivity contribution is 7.91. The molecule has 0 fully saturated rings. The van der Waals surface area contributed by atoms with Crippen LogP contribution in [0.5, 0.6) is 23.0 Å². The van der Waals surface area contributed by atoms with Crippen LogP contribution < -0.4 is 9.47 Å². The van der Waals surface area contributed by atoms with Crippen molar-refractivity contribution in [1.29, 1.82) is 0 Å². The minimum atomic E-state index is -1.22. The number of ether oxygens (including phenoxy) is 2. The Hall–Kier alpha value is -3.21. The van der Waals surface area contributed by atoms with E-state index in [-0.39, 0.29) is 0 Å². The number of fused-ring (bicyclic) bond motifs is 2. The van der Waals surface area contributed by atoms with Crippen LogP contribution in [-0.4, -0.2) is 4.55 Å². The van der Waals surface area contributed by atoms with Gasteiger partial charge in [-0.2, -0.15) is 0 Å². The average Bonchev–Trinajstić information content (AvgIpc) is 2.77. The van der Waals surface area contributed by atoms with E-state index in [2.05, 4.69) is 0 Å². The van der Waals surface area contributed by atoms with Crippen molar-refractivity contribution in [2.24, 2.45) is 0 Å². The van der Waals surface area contributed by atoms with Gasteiger partial charge in [-0.15, -0.1) is 0 Å². The predicted octanol–water partition coefficient (Wildman–Crippen LogP) is 6.42. The van der Waals surface area contributed by atoms with Gasteiger partial charge in [0.1, 0.15) is 0 Å². The first-order valence-corrected chi connectivity index (χ1v) is 10.1. The minimum absolute atomic E-state index is 0.672. The Morgan fingerprint density at radius 3 is 1.89 bits per heavy atom. The highest BCUT2D eigenvalue weighted by Gasteiger charge is 2.20. The molecule has 0 spiro atoms. The van der Waals surface area contributed by atoms with E-state index in [1.165, 1.54) is 0 Å². The lowest BCUT2D eigenvalue weighted by Gasteiger charge is -2.21. The summed E-state index contributed by atoms with van der Waals surface area (Å²) in [5.74, 6) is 2.77. The molecule has 28 heavy (non-hydrogen) atoms. The van der Waals surface area contributed by atoms with Gasteiger partial charge in [0.25, 0.3) is 0 Å². The van der Waals surface area contributed by atoms with Crippen LogP contribution in [0, 0.1) is 0 Å². The van der Waals surface area contributed by atoms with E-state index in [4.69, 9.17) is 9.47 Å². The Labute approximate surface area is 166 Å². The van der Waals surface area contributed by atoms with Crippen molar-refractivity contribution >= 4 is 11.2 Å².